The zero-order valence-corrected chi connectivity index (χ0v) is 25.4. The molecule has 1 unspecified atom stereocenters. The van der Waals surface area contributed by atoms with E-state index in [0.29, 0.717) is 6.42 Å². The number of rotatable bonds is 10. The number of unbranched alkanes of at least 4 members (excludes halogenated alkanes) is 2. The van der Waals surface area contributed by atoms with Crippen LogP contribution in [0.15, 0.2) is 77.4 Å². The second-order valence-corrected chi connectivity index (χ2v) is 13.5. The summed E-state index contributed by atoms with van der Waals surface area (Å²) in [5.41, 5.74) is 8.13. The first-order chi connectivity index (χ1) is 19.3. The lowest BCUT2D eigenvalue weighted by molar-refractivity contribution is -0.121. The third kappa shape index (κ3) is 6.42. The first kappa shape index (κ1) is 30.6. The van der Waals surface area contributed by atoms with Gasteiger partial charge in [-0.15, -0.1) is 0 Å². The van der Waals surface area contributed by atoms with Gasteiger partial charge < -0.3 is 10.2 Å². The van der Waals surface area contributed by atoms with E-state index in [1.807, 2.05) is 32.1 Å². The number of amides is 1. The van der Waals surface area contributed by atoms with Crippen molar-refractivity contribution in [3.8, 4) is 0 Å². The van der Waals surface area contributed by atoms with Gasteiger partial charge in [-0.1, -0.05) is 76.1 Å². The molecule has 0 saturated heterocycles. The third-order valence-corrected chi connectivity index (χ3v) is 9.23. The quantitative estimate of drug-likeness (QED) is 0.0716. The van der Waals surface area contributed by atoms with Gasteiger partial charge in [-0.05, 0) is 61.2 Å². The molecule has 0 aliphatic carbocycles. The number of nitrogens with one attached hydrogen (secondary N) is 2. The first-order valence-corrected chi connectivity index (χ1v) is 15.5. The molecular formula is C32H42N4O4S. The minimum Gasteiger partial charge on any atom is -0.364 e. The van der Waals surface area contributed by atoms with Crippen molar-refractivity contribution in [2.45, 2.75) is 82.1 Å². The van der Waals surface area contributed by atoms with Crippen LogP contribution in [0, 0.1) is 6.92 Å². The average molecular weight is 579 g/mol. The number of aryl methyl sites for hydroxylation is 1. The van der Waals surface area contributed by atoms with E-state index in [1.54, 1.807) is 6.07 Å². The van der Waals surface area contributed by atoms with Gasteiger partial charge in [-0.2, -0.15) is 8.42 Å². The number of benzene rings is 2. The number of carbonyl (C=O) groups excluding carboxylic acids is 1. The fraction of sp³-hybridized carbons (Fsp3) is 0.406. The Balaban J connectivity index is 1.49. The maximum Gasteiger partial charge on any atom is 0.294 e. The summed E-state index contributed by atoms with van der Waals surface area (Å²) in [5, 5.41) is 3.39. The number of hydrazine groups is 1. The van der Waals surface area contributed by atoms with Crippen molar-refractivity contribution >= 4 is 27.4 Å². The van der Waals surface area contributed by atoms with Gasteiger partial charge in [0.05, 0.1) is 10.9 Å². The van der Waals surface area contributed by atoms with Crippen LogP contribution in [0.1, 0.15) is 70.1 Å². The molecule has 0 bridgehead atoms. The predicted molar refractivity (Wildman–Crippen MR) is 165 cm³/mol. The zero-order chi connectivity index (χ0) is 30.0. The largest absolute Gasteiger partial charge is 0.364 e. The Morgan fingerprint density at radius 1 is 1.05 bits per heavy atom. The van der Waals surface area contributed by atoms with E-state index in [-0.39, 0.29) is 22.3 Å². The molecule has 220 valence electrons. The van der Waals surface area contributed by atoms with E-state index in [2.05, 4.69) is 66.8 Å². The number of fused-ring (bicyclic) bond motifs is 2. The molecule has 8 nitrogen and oxygen atoms in total. The highest BCUT2D eigenvalue weighted by Gasteiger charge is 2.42. The average Bonchev–Trinajstić information content (AvgIpc) is 3.28. The highest BCUT2D eigenvalue weighted by Crippen LogP contribution is 2.46. The molecule has 41 heavy (non-hydrogen) atoms. The molecule has 2 aromatic rings. The molecule has 2 aliphatic heterocycles. The molecule has 4 rings (SSSR count). The minimum absolute atomic E-state index is 0.0784. The van der Waals surface area contributed by atoms with Gasteiger partial charge in [0.15, 0.2) is 0 Å². The monoisotopic (exact) mass is 578 g/mol. The lowest BCUT2D eigenvalue weighted by Gasteiger charge is -2.32. The summed E-state index contributed by atoms with van der Waals surface area (Å²) in [6.07, 6.45) is 13.5. The molecular weight excluding hydrogens is 536 g/mol. The summed E-state index contributed by atoms with van der Waals surface area (Å²) in [6.45, 7) is 11.7. The molecule has 0 saturated carbocycles. The predicted octanol–water partition coefficient (Wildman–Crippen LogP) is 5.66. The van der Waals surface area contributed by atoms with E-state index in [9.17, 15) is 17.8 Å². The summed E-state index contributed by atoms with van der Waals surface area (Å²) in [7, 11) is -4.27. The maximum absolute atomic E-state index is 11.6. The molecule has 0 aromatic heterocycles. The standard InChI is InChI=1S/C32H42N4O4S/c1-22-15-18-27-25(20-22)32(4,5)29(36(27)19-11-7-10-14-30(37)35-33)13-9-6-8-12-28-31(2,3)24-21-23(41(38,39)40)16-17-26(24)34-28/h6,8-9,12-13,15-18,20-21,29,34H,7,10-11,14,19,33H2,1-5H3,(H,35,37)(H,38,39,40)/b8-6+,13-9+,28-12+. The van der Waals surface area contributed by atoms with E-state index >= 15 is 0 Å². The number of nitrogens with zero attached hydrogens (tertiary/aromatic N) is 1. The van der Waals surface area contributed by atoms with Crippen LogP contribution >= 0.6 is 0 Å². The summed E-state index contributed by atoms with van der Waals surface area (Å²) in [6, 6.07) is 11.5. The molecule has 5 N–H and O–H groups in total. The molecule has 0 spiro atoms. The van der Waals surface area contributed by atoms with Gasteiger partial charge in [0.1, 0.15) is 0 Å². The number of anilines is 2. The molecule has 0 fully saturated rings. The van der Waals surface area contributed by atoms with Gasteiger partial charge in [0.2, 0.25) is 5.91 Å². The summed E-state index contributed by atoms with van der Waals surface area (Å²) < 4.78 is 32.7. The van der Waals surface area contributed by atoms with Crippen molar-refractivity contribution in [2.24, 2.45) is 5.84 Å². The number of nitrogens with two attached hydrogens (primary N) is 1. The highest BCUT2D eigenvalue weighted by atomic mass is 32.2. The van der Waals surface area contributed by atoms with Crippen molar-refractivity contribution in [2.75, 3.05) is 16.8 Å². The van der Waals surface area contributed by atoms with Crippen molar-refractivity contribution in [3.05, 3.63) is 89.2 Å². The van der Waals surface area contributed by atoms with Gasteiger partial charge in [0, 0.05) is 40.9 Å². The van der Waals surface area contributed by atoms with Gasteiger partial charge in [-0.25, -0.2) is 5.84 Å². The Kier molecular flexibility index (Phi) is 8.82. The van der Waals surface area contributed by atoms with E-state index in [0.717, 1.165) is 42.8 Å². The van der Waals surface area contributed by atoms with Crippen LogP contribution in [0.3, 0.4) is 0 Å². The Morgan fingerprint density at radius 3 is 2.51 bits per heavy atom. The second-order valence-electron chi connectivity index (χ2n) is 12.0. The number of hydrogen-bond donors (Lipinski definition) is 4. The Hall–Kier alpha value is -3.40. The lowest BCUT2D eigenvalue weighted by atomic mass is 9.80. The van der Waals surface area contributed by atoms with Crippen LogP contribution in [-0.4, -0.2) is 31.5 Å². The minimum atomic E-state index is -4.27. The van der Waals surface area contributed by atoms with Crippen molar-refractivity contribution < 1.29 is 17.8 Å². The number of hydrogen-bond acceptors (Lipinski definition) is 6. The van der Waals surface area contributed by atoms with Gasteiger partial charge in [0.25, 0.3) is 10.1 Å². The van der Waals surface area contributed by atoms with Crippen LogP contribution in [0.5, 0.6) is 0 Å². The van der Waals surface area contributed by atoms with Gasteiger partial charge in [-0.3, -0.25) is 14.8 Å². The summed E-state index contributed by atoms with van der Waals surface area (Å²) in [5.74, 6) is 5.07. The maximum atomic E-state index is 11.6. The fourth-order valence-corrected chi connectivity index (χ4v) is 6.43. The van der Waals surface area contributed by atoms with Crippen LogP contribution in [-0.2, 0) is 25.7 Å². The Labute approximate surface area is 244 Å². The zero-order valence-electron chi connectivity index (χ0n) is 24.6. The van der Waals surface area contributed by atoms with E-state index in [1.165, 1.54) is 28.9 Å². The van der Waals surface area contributed by atoms with Crippen molar-refractivity contribution in [3.63, 3.8) is 0 Å². The molecule has 1 amide bonds. The highest BCUT2D eigenvalue weighted by molar-refractivity contribution is 7.85. The lowest BCUT2D eigenvalue weighted by Crippen LogP contribution is -2.40. The number of allylic oxidation sites excluding steroid dienone is 5. The number of carbonyl (C=O) groups is 1. The smallest absolute Gasteiger partial charge is 0.294 e. The Morgan fingerprint density at radius 2 is 1.80 bits per heavy atom. The van der Waals surface area contributed by atoms with Crippen LogP contribution in [0.4, 0.5) is 11.4 Å². The first-order valence-electron chi connectivity index (χ1n) is 14.1. The van der Waals surface area contributed by atoms with Crippen molar-refractivity contribution in [1.29, 1.82) is 0 Å². The molecule has 9 heteroatoms. The van der Waals surface area contributed by atoms with E-state index in [4.69, 9.17) is 5.84 Å². The molecule has 1 atom stereocenters. The SMILES string of the molecule is Cc1ccc2c(c1)C(C)(C)C(/C=C/C=C/C=C1/Nc3ccc(S(=O)(=O)O)cc3C1(C)C)N2CCCCCC(=O)NN. The molecule has 2 heterocycles. The van der Waals surface area contributed by atoms with Crippen molar-refractivity contribution in [1.82, 2.24) is 5.43 Å². The van der Waals surface area contributed by atoms with E-state index < -0.39 is 15.5 Å². The van der Waals surface area contributed by atoms with Crippen LogP contribution < -0.4 is 21.5 Å². The third-order valence-electron chi connectivity index (χ3n) is 8.38. The summed E-state index contributed by atoms with van der Waals surface area (Å²) >= 11 is 0. The topological polar surface area (TPSA) is 125 Å². The normalized spacial score (nSPS) is 20.0. The van der Waals surface area contributed by atoms with Crippen LogP contribution in [0.2, 0.25) is 0 Å². The molecule has 2 aromatic carbocycles. The summed E-state index contributed by atoms with van der Waals surface area (Å²) in [4.78, 5) is 13.8. The van der Waals surface area contributed by atoms with Crippen LogP contribution in [0.25, 0.3) is 0 Å². The molecule has 2 aliphatic rings. The second kappa shape index (κ2) is 11.8. The molecule has 0 radical (unpaired) electrons. The Bertz CT molecular complexity index is 1510. The van der Waals surface area contributed by atoms with Gasteiger partial charge >= 0.3 is 0 Å². The fourth-order valence-electron chi connectivity index (χ4n) is 5.93.